The number of quaternary nitrogens is 1. The topological polar surface area (TPSA) is 0 Å². The van der Waals surface area contributed by atoms with Gasteiger partial charge in [-0.2, -0.15) is 0 Å². The van der Waals surface area contributed by atoms with Crippen LogP contribution in [0.5, 0.6) is 0 Å². The van der Waals surface area contributed by atoms with E-state index in [1.807, 2.05) is 0 Å². The summed E-state index contributed by atoms with van der Waals surface area (Å²) >= 11 is 4.24. The summed E-state index contributed by atoms with van der Waals surface area (Å²) in [7, 11) is 6.54. The van der Waals surface area contributed by atoms with Gasteiger partial charge in [0.2, 0.25) is 0 Å². The Labute approximate surface area is 75.7 Å². The van der Waals surface area contributed by atoms with Crippen LogP contribution in [0.25, 0.3) is 0 Å². The second-order valence-electron chi connectivity index (χ2n) is 2.61. The molecule has 0 aromatic rings. The maximum atomic E-state index is 2.18. The van der Waals surface area contributed by atoms with Gasteiger partial charge in [0.1, 0.15) is 0 Å². The zero-order valence-corrected chi connectivity index (χ0v) is 10.2. The lowest BCUT2D eigenvalue weighted by atomic mass is 10.6. The predicted molar refractivity (Wildman–Crippen MR) is 56.6 cm³/mol. The van der Waals surface area contributed by atoms with E-state index in [1.165, 1.54) is 6.54 Å². The Balaban J connectivity index is 0. The van der Waals surface area contributed by atoms with E-state index < -0.39 is 0 Å². The standard InChI is InChI=1S/C5H14N.I2/c1-5-6(2,3)4;1-2/h5H2,1-4H3;/q+1;. The van der Waals surface area contributed by atoms with Gasteiger partial charge in [-0.3, -0.25) is 0 Å². The van der Waals surface area contributed by atoms with Crippen LogP contribution in [-0.4, -0.2) is 32.2 Å². The van der Waals surface area contributed by atoms with Gasteiger partial charge in [0, 0.05) is 37.2 Å². The molecule has 0 amide bonds. The number of hydrogen-bond acceptors (Lipinski definition) is 0. The Bertz CT molecular complexity index is 40.2. The van der Waals surface area contributed by atoms with Crippen molar-refractivity contribution in [2.24, 2.45) is 0 Å². The van der Waals surface area contributed by atoms with Gasteiger partial charge in [0.25, 0.3) is 0 Å². The summed E-state index contributed by atoms with van der Waals surface area (Å²) in [5.41, 5.74) is 0. The predicted octanol–water partition coefficient (Wildman–Crippen LogP) is 2.48. The normalized spacial score (nSPS) is 9.75. The molecule has 0 radical (unpaired) electrons. The van der Waals surface area contributed by atoms with Gasteiger partial charge in [-0.1, -0.05) is 0 Å². The zero-order chi connectivity index (χ0) is 7.21. The lowest BCUT2D eigenvalue weighted by Gasteiger charge is -2.20. The van der Waals surface area contributed by atoms with E-state index in [0.717, 1.165) is 4.48 Å². The quantitative estimate of drug-likeness (QED) is 0.508. The molecule has 0 fully saturated rings. The van der Waals surface area contributed by atoms with Crippen molar-refractivity contribution in [2.45, 2.75) is 6.92 Å². The highest BCUT2D eigenvalue weighted by atomic mass is 128. The average Bonchev–Trinajstić information content (AvgIpc) is 1.71. The second-order valence-corrected chi connectivity index (χ2v) is 2.61. The van der Waals surface area contributed by atoms with Crippen molar-refractivity contribution in [1.29, 1.82) is 0 Å². The maximum absolute atomic E-state index is 2.18. The van der Waals surface area contributed by atoms with Gasteiger partial charge < -0.3 is 4.48 Å². The molecule has 0 unspecified atom stereocenters. The molecule has 0 bridgehead atoms. The molecule has 0 spiro atoms. The summed E-state index contributed by atoms with van der Waals surface area (Å²) in [6.07, 6.45) is 0. The van der Waals surface area contributed by atoms with Crippen LogP contribution in [0, 0.1) is 0 Å². The van der Waals surface area contributed by atoms with Crippen LogP contribution < -0.4 is 0 Å². The smallest absolute Gasteiger partial charge is 0.0751 e. The van der Waals surface area contributed by atoms with Crippen molar-refractivity contribution >= 4 is 37.2 Å². The monoisotopic (exact) mass is 342 g/mol. The number of nitrogens with zero attached hydrogens (tertiary/aromatic N) is 1. The van der Waals surface area contributed by atoms with Crippen LogP contribution in [-0.2, 0) is 0 Å². The molecule has 0 saturated carbocycles. The molecular weight excluding hydrogens is 328 g/mol. The van der Waals surface area contributed by atoms with Crippen molar-refractivity contribution in [3.8, 4) is 0 Å². The lowest BCUT2D eigenvalue weighted by Crippen LogP contribution is -2.33. The van der Waals surface area contributed by atoms with Crippen molar-refractivity contribution in [3.63, 3.8) is 0 Å². The first-order valence-corrected chi connectivity index (χ1v) is 8.79. The van der Waals surface area contributed by atoms with Gasteiger partial charge >= 0.3 is 0 Å². The molecule has 0 N–H and O–H groups in total. The number of halogens is 2. The third-order valence-corrected chi connectivity index (χ3v) is 0.949. The molecule has 0 heterocycles. The van der Waals surface area contributed by atoms with Crippen LogP contribution in [0.3, 0.4) is 0 Å². The Morgan fingerprint density at radius 2 is 1.25 bits per heavy atom. The summed E-state index contributed by atoms with van der Waals surface area (Å²) < 4.78 is 1.07. The van der Waals surface area contributed by atoms with Crippen molar-refractivity contribution in [2.75, 3.05) is 27.7 Å². The summed E-state index contributed by atoms with van der Waals surface area (Å²) in [5, 5.41) is 0. The molecule has 0 aliphatic carbocycles. The number of rotatable bonds is 1. The van der Waals surface area contributed by atoms with Gasteiger partial charge in [0.15, 0.2) is 0 Å². The summed E-state index contributed by atoms with van der Waals surface area (Å²) in [4.78, 5) is 0. The van der Waals surface area contributed by atoms with E-state index in [0.29, 0.717) is 0 Å². The highest BCUT2D eigenvalue weighted by Gasteiger charge is 1.97. The Morgan fingerprint density at radius 3 is 1.25 bits per heavy atom. The molecule has 3 heteroatoms. The third-order valence-electron chi connectivity index (χ3n) is 0.949. The molecule has 0 atom stereocenters. The first-order chi connectivity index (χ1) is 3.56. The molecule has 1 nitrogen and oxygen atoms in total. The van der Waals surface area contributed by atoms with Gasteiger partial charge in [-0.05, 0) is 6.92 Å². The molecule has 8 heavy (non-hydrogen) atoms. The fourth-order valence-corrected chi connectivity index (χ4v) is 0. The van der Waals surface area contributed by atoms with E-state index >= 15 is 0 Å². The van der Waals surface area contributed by atoms with Crippen LogP contribution >= 0.6 is 37.2 Å². The first-order valence-electron chi connectivity index (χ1n) is 2.51. The fourth-order valence-electron chi connectivity index (χ4n) is 0. The van der Waals surface area contributed by atoms with Gasteiger partial charge in [0.05, 0.1) is 27.7 Å². The van der Waals surface area contributed by atoms with Crippen LogP contribution in [0.1, 0.15) is 6.92 Å². The highest BCUT2D eigenvalue weighted by Crippen LogP contribution is 1.89. The third kappa shape index (κ3) is 15.7. The van der Waals surface area contributed by atoms with Gasteiger partial charge in [-0.25, -0.2) is 0 Å². The summed E-state index contributed by atoms with van der Waals surface area (Å²) in [6.45, 7) is 3.39. The van der Waals surface area contributed by atoms with E-state index in [9.17, 15) is 0 Å². The SMILES string of the molecule is CC[N+](C)(C)C.II. The maximum Gasteiger partial charge on any atom is 0.0751 e. The number of hydrogen-bond donors (Lipinski definition) is 0. The molecule has 0 saturated heterocycles. The largest absolute Gasteiger partial charge is 0.331 e. The summed E-state index contributed by atoms with van der Waals surface area (Å²) in [5.74, 6) is 0. The second kappa shape index (κ2) is 6.54. The van der Waals surface area contributed by atoms with E-state index in [1.54, 1.807) is 0 Å². The minimum atomic E-state index is 1.07. The Hall–Kier alpha value is 1.42. The molecule has 52 valence electrons. The minimum absolute atomic E-state index is 1.07. The molecular formula is C5H14I2N+. The first kappa shape index (κ1) is 12.1. The van der Waals surface area contributed by atoms with Crippen LogP contribution in [0.15, 0.2) is 0 Å². The van der Waals surface area contributed by atoms with Crippen molar-refractivity contribution < 1.29 is 4.48 Å². The minimum Gasteiger partial charge on any atom is -0.331 e. The summed E-state index contributed by atoms with van der Waals surface area (Å²) in [6, 6.07) is 0. The molecule has 0 rings (SSSR count). The van der Waals surface area contributed by atoms with Crippen LogP contribution in [0.4, 0.5) is 0 Å². The lowest BCUT2D eigenvalue weighted by molar-refractivity contribution is -0.868. The highest BCUT2D eigenvalue weighted by molar-refractivity contribution is 15.0. The van der Waals surface area contributed by atoms with Gasteiger partial charge in [-0.15, -0.1) is 0 Å². The van der Waals surface area contributed by atoms with Crippen molar-refractivity contribution in [3.05, 3.63) is 0 Å². The average molecular weight is 342 g/mol. The molecule has 0 aliphatic rings. The van der Waals surface area contributed by atoms with Crippen molar-refractivity contribution in [1.82, 2.24) is 0 Å². The Morgan fingerprint density at radius 1 is 1.12 bits per heavy atom. The molecule has 0 aromatic carbocycles. The van der Waals surface area contributed by atoms with Crippen LogP contribution in [0.2, 0.25) is 0 Å². The van der Waals surface area contributed by atoms with E-state index in [4.69, 9.17) is 0 Å². The molecule has 0 aromatic heterocycles. The Kier molecular flexibility index (Phi) is 9.91. The van der Waals surface area contributed by atoms with E-state index in [-0.39, 0.29) is 0 Å². The fraction of sp³-hybridized carbons (Fsp3) is 1.00. The zero-order valence-electron chi connectivity index (χ0n) is 5.91. The molecule has 0 aliphatic heterocycles. The van der Waals surface area contributed by atoms with E-state index in [2.05, 4.69) is 65.3 Å².